The lowest BCUT2D eigenvalue weighted by Crippen LogP contribution is -2.36. The van der Waals surface area contributed by atoms with Gasteiger partial charge in [0.1, 0.15) is 6.04 Å². The maximum absolute atomic E-state index is 12.0. The standard InChI is InChI=1S/C12H13N3O6S/c1-13-4-2-8(6-11(13)16)9-3-5-14-7-10(9)15(12(14)17)21-22(18,19)20/h2-4,6,10H,5,7H2,1H3,(H,18,19,20). The summed E-state index contributed by atoms with van der Waals surface area (Å²) in [6, 6.07) is 1.72. The Balaban J connectivity index is 1.99. The Morgan fingerprint density at radius 3 is 2.73 bits per heavy atom. The van der Waals surface area contributed by atoms with Crippen LogP contribution in [0.3, 0.4) is 0 Å². The van der Waals surface area contributed by atoms with Crippen LogP contribution in [-0.4, -0.2) is 52.7 Å². The number of hydroxylamine groups is 2. The summed E-state index contributed by atoms with van der Waals surface area (Å²) in [7, 11) is -3.21. The maximum Gasteiger partial charge on any atom is 0.418 e. The molecule has 2 aliphatic rings. The van der Waals surface area contributed by atoms with Crippen molar-refractivity contribution < 1.29 is 22.0 Å². The summed E-state index contributed by atoms with van der Waals surface area (Å²) >= 11 is 0. The number of carbonyl (C=O) groups excluding carboxylic acids is 1. The highest BCUT2D eigenvalue weighted by Gasteiger charge is 2.45. The Morgan fingerprint density at radius 1 is 1.36 bits per heavy atom. The number of rotatable bonds is 3. The number of aryl methyl sites for hydroxylation is 1. The first kappa shape index (κ1) is 14.8. The van der Waals surface area contributed by atoms with Gasteiger partial charge >= 0.3 is 16.4 Å². The third-order valence-corrected chi connectivity index (χ3v) is 3.99. The van der Waals surface area contributed by atoms with Crippen LogP contribution in [0.15, 0.2) is 29.2 Å². The average Bonchev–Trinajstić information content (AvgIpc) is 2.66. The van der Waals surface area contributed by atoms with Crippen LogP contribution >= 0.6 is 0 Å². The van der Waals surface area contributed by atoms with E-state index in [9.17, 15) is 18.0 Å². The molecule has 1 aromatic rings. The molecule has 1 unspecified atom stereocenters. The van der Waals surface area contributed by atoms with Gasteiger partial charge in [-0.1, -0.05) is 6.08 Å². The summed E-state index contributed by atoms with van der Waals surface area (Å²) in [4.78, 5) is 25.1. The molecule has 3 heterocycles. The van der Waals surface area contributed by atoms with Crippen molar-refractivity contribution >= 4 is 22.0 Å². The smallest absolute Gasteiger partial charge is 0.319 e. The van der Waals surface area contributed by atoms with E-state index in [0.29, 0.717) is 16.2 Å². The predicted octanol–water partition coefficient (Wildman–Crippen LogP) is -0.377. The minimum atomic E-state index is -4.81. The fraction of sp³-hybridized carbons (Fsp3) is 0.333. The van der Waals surface area contributed by atoms with E-state index >= 15 is 0 Å². The lowest BCUT2D eigenvalue weighted by molar-refractivity contribution is -0.0160. The van der Waals surface area contributed by atoms with Crippen molar-refractivity contribution in [1.29, 1.82) is 0 Å². The number of hydrogen-bond acceptors (Lipinski definition) is 5. The molecule has 1 atom stereocenters. The summed E-state index contributed by atoms with van der Waals surface area (Å²) in [6.07, 6.45) is 3.31. The van der Waals surface area contributed by atoms with Crippen molar-refractivity contribution in [1.82, 2.24) is 14.5 Å². The minimum Gasteiger partial charge on any atom is -0.319 e. The molecular formula is C12H13N3O6S. The Kier molecular flexibility index (Phi) is 3.31. The third-order valence-electron chi connectivity index (χ3n) is 3.64. The average molecular weight is 327 g/mol. The minimum absolute atomic E-state index is 0.218. The van der Waals surface area contributed by atoms with Crippen LogP contribution in [0, 0.1) is 0 Å². The molecule has 0 radical (unpaired) electrons. The van der Waals surface area contributed by atoms with Gasteiger partial charge in [-0.2, -0.15) is 13.5 Å². The number of urea groups is 1. The molecule has 22 heavy (non-hydrogen) atoms. The second-order valence-corrected chi connectivity index (χ2v) is 6.06. The van der Waals surface area contributed by atoms with Crippen molar-refractivity contribution in [3.05, 3.63) is 40.3 Å². The van der Waals surface area contributed by atoms with Crippen LogP contribution in [0.4, 0.5) is 4.79 Å². The number of pyridine rings is 1. The summed E-state index contributed by atoms with van der Waals surface area (Å²) in [6.45, 7) is 0.487. The van der Waals surface area contributed by atoms with Gasteiger partial charge in [-0.3, -0.25) is 9.35 Å². The van der Waals surface area contributed by atoms with Crippen LogP contribution < -0.4 is 5.56 Å². The molecule has 1 saturated heterocycles. The number of hydrogen-bond donors (Lipinski definition) is 1. The topological polar surface area (TPSA) is 109 Å². The SMILES string of the molecule is Cn1ccc(C2=CCN3CC2N(OS(=O)(=O)O)C3=O)cc1=O. The number of fused-ring (bicyclic) bond motifs is 2. The van der Waals surface area contributed by atoms with Gasteiger partial charge in [0, 0.05) is 25.9 Å². The predicted molar refractivity (Wildman–Crippen MR) is 74.9 cm³/mol. The van der Waals surface area contributed by atoms with Crippen molar-refractivity contribution in [3.63, 3.8) is 0 Å². The highest BCUT2D eigenvalue weighted by Crippen LogP contribution is 2.32. The molecule has 1 fully saturated rings. The van der Waals surface area contributed by atoms with Gasteiger partial charge in [-0.15, -0.1) is 4.28 Å². The van der Waals surface area contributed by atoms with Crippen molar-refractivity contribution in [2.45, 2.75) is 6.04 Å². The fourth-order valence-corrected chi connectivity index (χ4v) is 2.95. The Labute approximate surface area is 125 Å². The quantitative estimate of drug-likeness (QED) is 0.758. The normalized spacial score (nSPS) is 21.3. The van der Waals surface area contributed by atoms with E-state index in [1.165, 1.54) is 15.5 Å². The summed E-state index contributed by atoms with van der Waals surface area (Å²) in [5.41, 5.74) is 0.947. The van der Waals surface area contributed by atoms with E-state index in [1.54, 1.807) is 25.4 Å². The van der Waals surface area contributed by atoms with Crippen molar-refractivity contribution in [3.8, 4) is 0 Å². The summed E-state index contributed by atoms with van der Waals surface area (Å²) in [5.74, 6) is 0. The highest BCUT2D eigenvalue weighted by molar-refractivity contribution is 7.80. The highest BCUT2D eigenvalue weighted by atomic mass is 32.3. The van der Waals surface area contributed by atoms with Crippen LogP contribution in [-0.2, 0) is 21.7 Å². The Morgan fingerprint density at radius 2 is 2.09 bits per heavy atom. The second kappa shape index (κ2) is 4.93. The first-order valence-corrected chi connectivity index (χ1v) is 7.75. The van der Waals surface area contributed by atoms with E-state index in [0.717, 1.165) is 0 Å². The van der Waals surface area contributed by atoms with Crippen LogP contribution in [0.25, 0.3) is 5.57 Å². The molecule has 0 aromatic carbocycles. The first-order chi connectivity index (χ1) is 10.3. The van der Waals surface area contributed by atoms with E-state index in [1.807, 2.05) is 0 Å². The molecular weight excluding hydrogens is 314 g/mol. The van der Waals surface area contributed by atoms with Crippen LogP contribution in [0.5, 0.6) is 0 Å². The molecule has 3 rings (SSSR count). The van der Waals surface area contributed by atoms with Gasteiger partial charge in [-0.25, -0.2) is 4.79 Å². The molecule has 2 bridgehead atoms. The zero-order valence-corrected chi connectivity index (χ0v) is 12.4. The molecule has 0 saturated carbocycles. The van der Waals surface area contributed by atoms with E-state index in [4.69, 9.17) is 4.55 Å². The Hall–Kier alpha value is -2.17. The molecule has 1 aromatic heterocycles. The van der Waals surface area contributed by atoms with Gasteiger partial charge in [0.25, 0.3) is 5.56 Å². The van der Waals surface area contributed by atoms with Crippen molar-refractivity contribution in [2.24, 2.45) is 7.05 Å². The van der Waals surface area contributed by atoms with Crippen molar-refractivity contribution in [2.75, 3.05) is 13.1 Å². The number of nitrogens with zero attached hydrogens (tertiary/aromatic N) is 3. The van der Waals surface area contributed by atoms with Gasteiger partial charge in [0.2, 0.25) is 0 Å². The fourth-order valence-electron chi connectivity index (χ4n) is 2.58. The molecule has 9 nitrogen and oxygen atoms in total. The molecule has 0 aliphatic carbocycles. The maximum atomic E-state index is 12.0. The van der Waals surface area contributed by atoms with E-state index in [2.05, 4.69) is 4.28 Å². The van der Waals surface area contributed by atoms with Gasteiger partial charge in [-0.05, 0) is 17.2 Å². The van der Waals surface area contributed by atoms with E-state index < -0.39 is 22.5 Å². The zero-order valence-electron chi connectivity index (χ0n) is 11.5. The van der Waals surface area contributed by atoms with Crippen LogP contribution in [0.2, 0.25) is 0 Å². The summed E-state index contributed by atoms with van der Waals surface area (Å²) in [5, 5.41) is 0.617. The first-order valence-electron chi connectivity index (χ1n) is 6.38. The number of carbonyl (C=O) groups is 1. The van der Waals surface area contributed by atoms with E-state index in [-0.39, 0.29) is 18.6 Å². The molecule has 10 heteroatoms. The van der Waals surface area contributed by atoms with Gasteiger partial charge < -0.3 is 9.47 Å². The zero-order chi connectivity index (χ0) is 16.1. The largest absolute Gasteiger partial charge is 0.418 e. The molecule has 2 amide bonds. The molecule has 2 aliphatic heterocycles. The van der Waals surface area contributed by atoms with Crippen LogP contribution in [0.1, 0.15) is 5.56 Å². The Bertz CT molecular complexity index is 828. The monoisotopic (exact) mass is 327 g/mol. The molecule has 118 valence electrons. The van der Waals surface area contributed by atoms with Gasteiger partial charge in [0.05, 0.1) is 6.54 Å². The lowest BCUT2D eigenvalue weighted by Gasteiger charge is -2.23. The third kappa shape index (κ3) is 2.51. The second-order valence-electron chi connectivity index (χ2n) is 5.06. The molecule has 1 N–H and O–H groups in total. The number of amides is 2. The molecule has 0 spiro atoms. The lowest BCUT2D eigenvalue weighted by atomic mass is 9.97. The van der Waals surface area contributed by atoms with Gasteiger partial charge in [0.15, 0.2) is 0 Å². The summed E-state index contributed by atoms with van der Waals surface area (Å²) < 4.78 is 36.4. The number of aromatic nitrogens is 1.